The van der Waals surface area contributed by atoms with Crippen molar-refractivity contribution >= 4 is 33.8 Å². The van der Waals surface area contributed by atoms with Gasteiger partial charge in [0.1, 0.15) is 5.58 Å². The molecule has 11 heteroatoms. The van der Waals surface area contributed by atoms with Crippen LogP contribution in [0.1, 0.15) is 16.7 Å². The molecule has 0 radical (unpaired) electrons. The van der Waals surface area contributed by atoms with Gasteiger partial charge in [-0.05, 0) is 36.1 Å². The maximum absolute atomic E-state index is 12.6. The van der Waals surface area contributed by atoms with E-state index >= 15 is 0 Å². The molecule has 2 aromatic carbocycles. The van der Waals surface area contributed by atoms with Crippen LogP contribution in [0.15, 0.2) is 53.1 Å². The zero-order valence-electron chi connectivity index (χ0n) is 15.5. The minimum atomic E-state index is -4.02. The Labute approximate surface area is 167 Å². The lowest BCUT2D eigenvalue weighted by Gasteiger charge is -2.17. The molecule has 1 atom stereocenters. The predicted molar refractivity (Wildman–Crippen MR) is 107 cm³/mol. The average Bonchev–Trinajstić information content (AvgIpc) is 3.03. The molecule has 29 heavy (non-hydrogen) atoms. The van der Waals surface area contributed by atoms with E-state index in [9.17, 15) is 28.6 Å². The summed E-state index contributed by atoms with van der Waals surface area (Å²) >= 11 is 0. The molecule has 0 aliphatic rings. The van der Waals surface area contributed by atoms with Crippen LogP contribution >= 0.6 is 0 Å². The number of nitro benzene ring substituents is 1. The van der Waals surface area contributed by atoms with Crippen LogP contribution in [0.25, 0.3) is 11.0 Å². The van der Waals surface area contributed by atoms with Gasteiger partial charge in [0.2, 0.25) is 10.0 Å². The van der Waals surface area contributed by atoms with Gasteiger partial charge in [0.05, 0.1) is 22.9 Å². The molecule has 3 N–H and O–H groups in total. The molecule has 0 fully saturated rings. The highest BCUT2D eigenvalue weighted by atomic mass is 32.2. The average molecular weight is 418 g/mol. The first kappa shape index (κ1) is 21.0. The molecule has 3 aromatic rings. The van der Waals surface area contributed by atoms with E-state index in [1.807, 2.05) is 0 Å². The van der Waals surface area contributed by atoms with Gasteiger partial charge in [-0.15, -0.1) is 0 Å². The summed E-state index contributed by atoms with van der Waals surface area (Å²) in [7, 11) is -5.97. The summed E-state index contributed by atoms with van der Waals surface area (Å²) in [6, 6.07) is 11.2. The third kappa shape index (κ3) is 5.21. The Kier molecular flexibility index (Phi) is 6.03. The Hall–Kier alpha value is -2.73. The number of fused-ring (bicyclic) bond motifs is 1. The highest BCUT2D eigenvalue weighted by Crippen LogP contribution is 2.23. The van der Waals surface area contributed by atoms with Crippen molar-refractivity contribution in [2.75, 3.05) is 0 Å². The van der Waals surface area contributed by atoms with E-state index in [1.54, 1.807) is 31.2 Å². The Bertz CT molecular complexity index is 1140. The Morgan fingerprint density at radius 1 is 1.24 bits per heavy atom. The van der Waals surface area contributed by atoms with Crippen molar-refractivity contribution < 1.29 is 27.8 Å². The summed E-state index contributed by atoms with van der Waals surface area (Å²) in [6.07, 6.45) is 1.43. The topological polar surface area (TPSA) is 143 Å². The molecular weight excluding hydrogens is 399 g/mol. The molecule has 1 aromatic heterocycles. The van der Waals surface area contributed by atoms with Gasteiger partial charge in [-0.1, -0.05) is 24.3 Å². The van der Waals surface area contributed by atoms with Crippen LogP contribution in [-0.2, 0) is 22.2 Å². The summed E-state index contributed by atoms with van der Waals surface area (Å²) in [4.78, 5) is 10.4. The number of benzene rings is 2. The van der Waals surface area contributed by atoms with E-state index in [2.05, 4.69) is 4.72 Å². The lowest BCUT2D eigenvalue weighted by molar-refractivity contribution is -0.384. The van der Waals surface area contributed by atoms with Crippen molar-refractivity contribution in [3.05, 3.63) is 75.5 Å². The summed E-state index contributed by atoms with van der Waals surface area (Å²) in [5.41, 5.74) is 1.78. The number of aryl methyl sites for hydroxylation is 1. The van der Waals surface area contributed by atoms with Gasteiger partial charge in [-0.25, -0.2) is 13.1 Å². The lowest BCUT2D eigenvalue weighted by atomic mass is 9.77. The van der Waals surface area contributed by atoms with Gasteiger partial charge in [-0.3, -0.25) is 10.1 Å². The normalized spacial score (nSPS) is 12.8. The largest absolute Gasteiger partial charge is 0.471 e. The van der Waals surface area contributed by atoms with Crippen LogP contribution in [0, 0.1) is 17.0 Å². The number of furan rings is 1. The van der Waals surface area contributed by atoms with Crippen LogP contribution in [0.2, 0.25) is 0 Å². The molecule has 0 amide bonds. The second-order valence-corrected chi connectivity index (χ2v) is 8.55. The molecule has 0 aliphatic carbocycles. The maximum Gasteiger partial charge on any atom is 0.471 e. The summed E-state index contributed by atoms with van der Waals surface area (Å²) < 4.78 is 32.8. The number of nitrogens with one attached hydrogen (secondary N) is 1. The van der Waals surface area contributed by atoms with E-state index in [4.69, 9.17) is 4.42 Å². The number of non-ortho nitro benzene ring substituents is 1. The maximum atomic E-state index is 12.6. The number of hydrogen-bond acceptors (Lipinski definition) is 7. The molecule has 0 saturated heterocycles. The van der Waals surface area contributed by atoms with Crippen LogP contribution in [0.4, 0.5) is 5.69 Å². The number of nitro groups is 1. The third-order valence-corrected chi connectivity index (χ3v) is 5.76. The van der Waals surface area contributed by atoms with Crippen molar-refractivity contribution in [1.29, 1.82) is 0 Å². The van der Waals surface area contributed by atoms with Gasteiger partial charge in [-0.2, -0.15) is 0 Å². The zero-order valence-corrected chi connectivity index (χ0v) is 16.3. The molecule has 0 bridgehead atoms. The van der Waals surface area contributed by atoms with Crippen molar-refractivity contribution in [2.45, 2.75) is 25.0 Å². The first-order chi connectivity index (χ1) is 13.6. The summed E-state index contributed by atoms with van der Waals surface area (Å²) in [5, 5.41) is 31.1. The third-order valence-electron chi connectivity index (χ3n) is 4.38. The van der Waals surface area contributed by atoms with E-state index in [1.165, 1.54) is 24.5 Å². The highest BCUT2D eigenvalue weighted by molar-refractivity contribution is 7.88. The molecule has 1 heterocycles. The van der Waals surface area contributed by atoms with Gasteiger partial charge >= 0.3 is 7.12 Å². The number of hydrogen-bond donors (Lipinski definition) is 3. The highest BCUT2D eigenvalue weighted by Gasteiger charge is 2.30. The second-order valence-electron chi connectivity index (χ2n) is 6.79. The quantitative estimate of drug-likeness (QED) is 0.287. The minimum Gasteiger partial charge on any atom is -0.464 e. The Morgan fingerprint density at radius 2 is 1.97 bits per heavy atom. The standard InChI is InChI=1S/C18H19BN2O7S/c1-12-6-13(8-15(7-12)21(24)25)11-29(26,27)20-18(19(22)23)9-14-10-28-17-5-3-2-4-16(14)17/h2-8,10,18,20,22-23H,9,11H2,1H3/t18-/m0/s1. The van der Waals surface area contributed by atoms with Crippen LogP contribution in [-0.4, -0.2) is 36.4 Å². The van der Waals surface area contributed by atoms with Crippen molar-refractivity contribution in [3.63, 3.8) is 0 Å². The van der Waals surface area contributed by atoms with E-state index in [0.29, 0.717) is 16.7 Å². The fourth-order valence-corrected chi connectivity index (χ4v) is 4.51. The smallest absolute Gasteiger partial charge is 0.464 e. The number of sulfonamides is 1. The minimum absolute atomic E-state index is 0.0120. The fraction of sp³-hybridized carbons (Fsp3) is 0.222. The Morgan fingerprint density at radius 3 is 2.66 bits per heavy atom. The first-order valence-corrected chi connectivity index (χ1v) is 10.4. The van der Waals surface area contributed by atoms with E-state index in [0.717, 1.165) is 5.39 Å². The van der Waals surface area contributed by atoms with Crippen LogP contribution < -0.4 is 4.72 Å². The van der Waals surface area contributed by atoms with Gasteiger partial charge in [0.25, 0.3) is 5.69 Å². The molecule has 0 aliphatic heterocycles. The Balaban J connectivity index is 1.80. The number of para-hydroxylation sites is 1. The molecule has 152 valence electrons. The summed E-state index contributed by atoms with van der Waals surface area (Å²) in [5.74, 6) is -1.76. The molecule has 0 spiro atoms. The SMILES string of the molecule is Cc1cc(CS(=O)(=O)N[C@@H](Cc2coc3ccccc23)B(O)O)cc([N+](=O)[O-])c1. The number of rotatable bonds is 8. The van der Waals surface area contributed by atoms with Crippen LogP contribution in [0.5, 0.6) is 0 Å². The van der Waals surface area contributed by atoms with Crippen molar-refractivity contribution in [2.24, 2.45) is 0 Å². The van der Waals surface area contributed by atoms with Crippen molar-refractivity contribution in [3.8, 4) is 0 Å². The van der Waals surface area contributed by atoms with Gasteiger partial charge < -0.3 is 14.5 Å². The monoisotopic (exact) mass is 418 g/mol. The predicted octanol–water partition coefficient (Wildman–Crippen LogP) is 1.69. The number of nitrogens with zero attached hydrogens (tertiary/aromatic N) is 1. The van der Waals surface area contributed by atoms with E-state index < -0.39 is 33.8 Å². The summed E-state index contributed by atoms with van der Waals surface area (Å²) in [6.45, 7) is 1.63. The molecular formula is C18H19BN2O7S. The lowest BCUT2D eigenvalue weighted by Crippen LogP contribution is -2.48. The van der Waals surface area contributed by atoms with Gasteiger partial charge in [0, 0.05) is 17.5 Å². The fourth-order valence-electron chi connectivity index (χ4n) is 3.16. The van der Waals surface area contributed by atoms with Crippen molar-refractivity contribution in [1.82, 2.24) is 4.72 Å². The second kappa shape index (κ2) is 8.33. The zero-order chi connectivity index (χ0) is 21.2. The molecule has 0 saturated carbocycles. The first-order valence-electron chi connectivity index (χ1n) is 8.71. The van der Waals surface area contributed by atoms with Gasteiger partial charge in [0.15, 0.2) is 0 Å². The molecule has 0 unspecified atom stereocenters. The molecule has 3 rings (SSSR count). The van der Waals surface area contributed by atoms with E-state index in [-0.39, 0.29) is 17.7 Å². The molecule has 9 nitrogen and oxygen atoms in total. The van der Waals surface area contributed by atoms with Crippen LogP contribution in [0.3, 0.4) is 0 Å².